The third-order valence-corrected chi connectivity index (χ3v) is 5.04. The summed E-state index contributed by atoms with van der Waals surface area (Å²) in [6.07, 6.45) is 6.98. The second kappa shape index (κ2) is 3.80. The van der Waals surface area contributed by atoms with Crippen molar-refractivity contribution in [3.63, 3.8) is 0 Å². The summed E-state index contributed by atoms with van der Waals surface area (Å²) >= 11 is 0. The van der Waals surface area contributed by atoms with Gasteiger partial charge in [-0.25, -0.2) is 4.68 Å². The van der Waals surface area contributed by atoms with E-state index in [2.05, 4.69) is 20.3 Å². The van der Waals surface area contributed by atoms with Crippen LogP contribution in [0.4, 0.5) is 0 Å². The van der Waals surface area contributed by atoms with Gasteiger partial charge < -0.3 is 5.32 Å². The average Bonchev–Trinajstić information content (AvgIpc) is 3.05. The fourth-order valence-corrected chi connectivity index (χ4v) is 4.16. The Hall–Kier alpha value is -0.900. The molecule has 2 heterocycles. The fourth-order valence-electron chi connectivity index (χ4n) is 4.16. The van der Waals surface area contributed by atoms with Crippen LogP contribution in [-0.4, -0.2) is 21.5 Å². The topological polar surface area (TPSA) is 42.7 Å². The molecule has 1 aromatic rings. The monoisotopic (exact) mass is 232 g/mol. The van der Waals surface area contributed by atoms with E-state index in [0.29, 0.717) is 0 Å². The fraction of sp³-hybridized carbons (Fsp3) is 0.846. The highest BCUT2D eigenvalue weighted by Crippen LogP contribution is 2.48. The van der Waals surface area contributed by atoms with Crippen molar-refractivity contribution in [3.8, 4) is 0 Å². The van der Waals surface area contributed by atoms with Crippen molar-refractivity contribution >= 4 is 0 Å². The van der Waals surface area contributed by atoms with Gasteiger partial charge in [0.15, 0.2) is 0 Å². The highest BCUT2D eigenvalue weighted by Gasteiger charge is 2.39. The van der Waals surface area contributed by atoms with E-state index in [1.165, 1.54) is 37.1 Å². The average molecular weight is 232 g/mol. The van der Waals surface area contributed by atoms with Gasteiger partial charge >= 0.3 is 0 Å². The summed E-state index contributed by atoms with van der Waals surface area (Å²) in [5, 5.41) is 12.0. The molecule has 0 radical (unpaired) electrons. The molecule has 1 N–H and O–H groups in total. The molecule has 92 valence electrons. The minimum Gasteiger partial charge on any atom is -0.311 e. The lowest BCUT2D eigenvalue weighted by molar-refractivity contribution is 0.279. The minimum atomic E-state index is 0.884. The SMILES string of the molecule is C1Cc2c(nnn2CC2CC3CCC2C3)CN1. The van der Waals surface area contributed by atoms with Crippen LogP contribution in [0.15, 0.2) is 0 Å². The smallest absolute Gasteiger partial charge is 0.0997 e. The maximum Gasteiger partial charge on any atom is 0.0997 e. The predicted molar refractivity (Wildman–Crippen MR) is 64.4 cm³/mol. The van der Waals surface area contributed by atoms with Crippen LogP contribution in [0.25, 0.3) is 0 Å². The van der Waals surface area contributed by atoms with E-state index in [0.717, 1.165) is 43.8 Å². The van der Waals surface area contributed by atoms with Gasteiger partial charge in [-0.3, -0.25) is 0 Å². The first-order valence-corrected chi connectivity index (χ1v) is 7.02. The third-order valence-electron chi connectivity index (χ3n) is 5.04. The van der Waals surface area contributed by atoms with E-state index < -0.39 is 0 Å². The van der Waals surface area contributed by atoms with Crippen molar-refractivity contribution in [2.75, 3.05) is 6.54 Å². The molecule has 0 aromatic carbocycles. The maximum atomic E-state index is 4.37. The Kier molecular flexibility index (Phi) is 2.25. The second-order valence-corrected chi connectivity index (χ2v) is 6.03. The van der Waals surface area contributed by atoms with Gasteiger partial charge in [-0.05, 0) is 37.0 Å². The summed E-state index contributed by atoms with van der Waals surface area (Å²) in [7, 11) is 0. The highest BCUT2D eigenvalue weighted by atomic mass is 15.4. The van der Waals surface area contributed by atoms with Crippen molar-refractivity contribution < 1.29 is 0 Å². The normalized spacial score (nSPS) is 35.2. The van der Waals surface area contributed by atoms with Gasteiger partial charge in [-0.2, -0.15) is 0 Å². The molecule has 3 aliphatic rings. The lowest BCUT2D eigenvalue weighted by Gasteiger charge is -2.22. The summed E-state index contributed by atoms with van der Waals surface area (Å²) in [4.78, 5) is 0. The predicted octanol–water partition coefficient (Wildman–Crippen LogP) is 1.36. The number of fused-ring (bicyclic) bond motifs is 3. The maximum absolute atomic E-state index is 4.37. The number of aromatic nitrogens is 3. The Morgan fingerprint density at radius 2 is 2.29 bits per heavy atom. The zero-order chi connectivity index (χ0) is 11.2. The van der Waals surface area contributed by atoms with Gasteiger partial charge in [0.1, 0.15) is 0 Å². The lowest BCUT2D eigenvalue weighted by atomic mass is 9.89. The van der Waals surface area contributed by atoms with E-state index in [1.807, 2.05) is 0 Å². The first kappa shape index (κ1) is 10.1. The molecule has 17 heavy (non-hydrogen) atoms. The highest BCUT2D eigenvalue weighted by molar-refractivity contribution is 5.13. The van der Waals surface area contributed by atoms with Gasteiger partial charge in [0.05, 0.1) is 11.4 Å². The molecule has 3 unspecified atom stereocenters. The zero-order valence-corrected chi connectivity index (χ0v) is 10.2. The molecule has 3 atom stereocenters. The molecular weight excluding hydrogens is 212 g/mol. The van der Waals surface area contributed by atoms with E-state index in [9.17, 15) is 0 Å². The molecular formula is C13H20N4. The van der Waals surface area contributed by atoms with E-state index in [1.54, 1.807) is 0 Å². The van der Waals surface area contributed by atoms with Gasteiger partial charge in [-0.15, -0.1) is 5.10 Å². The zero-order valence-electron chi connectivity index (χ0n) is 10.2. The molecule has 4 heteroatoms. The van der Waals surface area contributed by atoms with Crippen LogP contribution < -0.4 is 5.32 Å². The molecule has 1 aliphatic heterocycles. The standard InChI is InChI=1S/C13H20N4/c1-2-10-5-9(1)6-11(10)8-17-13-3-4-14-7-12(13)15-16-17/h9-11,14H,1-8H2. The largest absolute Gasteiger partial charge is 0.311 e. The van der Waals surface area contributed by atoms with Crippen molar-refractivity contribution in [2.45, 2.75) is 45.2 Å². The Morgan fingerprint density at radius 1 is 1.29 bits per heavy atom. The van der Waals surface area contributed by atoms with Gasteiger partial charge in [0.2, 0.25) is 0 Å². The quantitative estimate of drug-likeness (QED) is 0.837. The summed E-state index contributed by atoms with van der Waals surface area (Å²) in [6, 6.07) is 0. The van der Waals surface area contributed by atoms with Crippen molar-refractivity contribution in [2.24, 2.45) is 17.8 Å². The Bertz CT molecular complexity index is 425. The molecule has 2 fully saturated rings. The summed E-state index contributed by atoms with van der Waals surface area (Å²) < 4.78 is 2.21. The molecule has 2 saturated carbocycles. The molecule has 4 nitrogen and oxygen atoms in total. The number of nitrogens with zero attached hydrogens (tertiary/aromatic N) is 3. The van der Waals surface area contributed by atoms with Gasteiger partial charge in [0.25, 0.3) is 0 Å². The van der Waals surface area contributed by atoms with E-state index in [-0.39, 0.29) is 0 Å². The van der Waals surface area contributed by atoms with Crippen LogP contribution in [0.3, 0.4) is 0 Å². The number of nitrogens with one attached hydrogen (secondary N) is 1. The van der Waals surface area contributed by atoms with E-state index >= 15 is 0 Å². The summed E-state index contributed by atoms with van der Waals surface area (Å²) in [6.45, 7) is 3.12. The van der Waals surface area contributed by atoms with Crippen molar-refractivity contribution in [1.29, 1.82) is 0 Å². The van der Waals surface area contributed by atoms with Crippen molar-refractivity contribution in [3.05, 3.63) is 11.4 Å². The third kappa shape index (κ3) is 1.61. The van der Waals surface area contributed by atoms with Crippen LogP contribution in [0.2, 0.25) is 0 Å². The molecule has 0 amide bonds. The number of hydrogen-bond donors (Lipinski definition) is 1. The van der Waals surface area contributed by atoms with Crippen LogP contribution in [0, 0.1) is 17.8 Å². The Labute approximate surface area is 102 Å². The molecule has 4 rings (SSSR count). The molecule has 0 saturated heterocycles. The molecule has 2 aliphatic carbocycles. The lowest BCUT2D eigenvalue weighted by Crippen LogP contribution is -2.26. The van der Waals surface area contributed by atoms with Gasteiger partial charge in [0, 0.05) is 26.1 Å². The summed E-state index contributed by atoms with van der Waals surface area (Å²) in [5.74, 6) is 2.90. The van der Waals surface area contributed by atoms with Crippen LogP contribution in [0.5, 0.6) is 0 Å². The van der Waals surface area contributed by atoms with Crippen LogP contribution >= 0.6 is 0 Å². The molecule has 2 bridgehead atoms. The number of rotatable bonds is 2. The van der Waals surface area contributed by atoms with Crippen LogP contribution in [0.1, 0.15) is 37.1 Å². The molecule has 0 spiro atoms. The minimum absolute atomic E-state index is 0.884. The Morgan fingerprint density at radius 3 is 3.12 bits per heavy atom. The van der Waals surface area contributed by atoms with E-state index in [4.69, 9.17) is 0 Å². The second-order valence-electron chi connectivity index (χ2n) is 6.03. The van der Waals surface area contributed by atoms with Crippen LogP contribution in [-0.2, 0) is 19.5 Å². The first-order valence-electron chi connectivity index (χ1n) is 7.02. The first-order chi connectivity index (χ1) is 8.40. The number of hydrogen-bond acceptors (Lipinski definition) is 3. The Balaban J connectivity index is 1.54. The molecule has 1 aromatic heterocycles. The van der Waals surface area contributed by atoms with Crippen molar-refractivity contribution in [1.82, 2.24) is 20.3 Å². The summed E-state index contributed by atoms with van der Waals surface area (Å²) in [5.41, 5.74) is 2.57. The van der Waals surface area contributed by atoms with Gasteiger partial charge in [-0.1, -0.05) is 11.6 Å².